The maximum atomic E-state index is 12.3. The molecule has 1 fully saturated rings. The molecule has 0 spiro atoms. The zero-order valence-electron chi connectivity index (χ0n) is 20.9. The molecule has 9 heteroatoms. The van der Waals surface area contributed by atoms with Crippen LogP contribution in [0.25, 0.3) is 16.8 Å². The Morgan fingerprint density at radius 3 is 2.19 bits per heavy atom. The van der Waals surface area contributed by atoms with Crippen molar-refractivity contribution in [1.82, 2.24) is 5.32 Å². The molecule has 1 heterocycles. The van der Waals surface area contributed by atoms with Crippen molar-refractivity contribution in [3.63, 3.8) is 0 Å². The highest BCUT2D eigenvalue weighted by Crippen LogP contribution is 2.24. The summed E-state index contributed by atoms with van der Waals surface area (Å²) in [5.74, 6) is -0.667. The van der Waals surface area contributed by atoms with E-state index in [1.165, 1.54) is 5.69 Å². The number of hydrogen-bond acceptors (Lipinski definition) is 9. The molecule has 1 aliphatic rings. The third-order valence-corrected chi connectivity index (χ3v) is 5.62. The average molecular weight is 498 g/mol. The zero-order valence-corrected chi connectivity index (χ0v) is 20.9. The second-order valence-electron chi connectivity index (χ2n) is 8.16. The Labute approximate surface area is 212 Å². The number of piperazine rings is 1. The van der Waals surface area contributed by atoms with Crippen LogP contribution in [0.3, 0.4) is 0 Å². The molecule has 0 amide bonds. The van der Waals surface area contributed by atoms with E-state index in [-0.39, 0.29) is 18.8 Å². The van der Waals surface area contributed by atoms with E-state index in [0.717, 1.165) is 42.5 Å². The summed E-state index contributed by atoms with van der Waals surface area (Å²) in [5.41, 5.74) is 1.92. The van der Waals surface area contributed by atoms with Crippen LogP contribution in [0.4, 0.5) is 5.69 Å². The number of ether oxygens (including phenoxy) is 5. The first-order valence-corrected chi connectivity index (χ1v) is 12.2. The molecule has 0 saturated carbocycles. The number of fused-ring (bicyclic) bond motifs is 1. The van der Waals surface area contributed by atoms with Gasteiger partial charge in [0.2, 0.25) is 0 Å². The third-order valence-electron chi connectivity index (χ3n) is 5.62. The summed E-state index contributed by atoms with van der Waals surface area (Å²) in [4.78, 5) is 14.7. The lowest BCUT2D eigenvalue weighted by molar-refractivity contribution is -0.140. The Morgan fingerprint density at radius 2 is 1.53 bits per heavy atom. The number of anilines is 1. The molecule has 0 unspecified atom stereocenters. The van der Waals surface area contributed by atoms with Crippen LogP contribution in [0.5, 0.6) is 0 Å². The van der Waals surface area contributed by atoms with Crippen molar-refractivity contribution in [2.45, 2.75) is 0 Å². The summed E-state index contributed by atoms with van der Waals surface area (Å²) < 4.78 is 26.1. The van der Waals surface area contributed by atoms with Gasteiger partial charge in [-0.15, -0.1) is 0 Å². The largest absolute Gasteiger partial charge is 0.459 e. The molecule has 36 heavy (non-hydrogen) atoms. The van der Waals surface area contributed by atoms with Gasteiger partial charge in [-0.2, -0.15) is 5.26 Å². The van der Waals surface area contributed by atoms with E-state index in [1.54, 1.807) is 13.2 Å². The molecule has 2 aromatic rings. The van der Waals surface area contributed by atoms with Gasteiger partial charge < -0.3 is 33.9 Å². The standard InChI is InChI=1S/C27H35N3O6/c1-32-10-11-33-12-13-34-14-15-35-16-17-36-27(31)25(21-28)19-22-2-3-24-20-26(5-4-23(24)18-22)30-8-6-29-7-9-30/h2-5,18-20,29H,6-17H2,1H3/b25-19+. The highest BCUT2D eigenvalue weighted by molar-refractivity contribution is 5.98. The number of methoxy groups -OCH3 is 1. The van der Waals surface area contributed by atoms with Crippen molar-refractivity contribution in [2.75, 3.05) is 91.0 Å². The summed E-state index contributed by atoms with van der Waals surface area (Å²) in [6.07, 6.45) is 1.55. The number of hydrogen-bond donors (Lipinski definition) is 1. The van der Waals surface area contributed by atoms with E-state index in [4.69, 9.17) is 23.7 Å². The normalized spacial score (nSPS) is 14.1. The van der Waals surface area contributed by atoms with Gasteiger partial charge in [-0.25, -0.2) is 4.79 Å². The highest BCUT2D eigenvalue weighted by Gasteiger charge is 2.12. The second kappa shape index (κ2) is 15.9. The maximum absolute atomic E-state index is 12.3. The van der Waals surface area contributed by atoms with E-state index in [9.17, 15) is 10.1 Å². The Bertz CT molecular complexity index is 1030. The van der Waals surface area contributed by atoms with E-state index >= 15 is 0 Å². The van der Waals surface area contributed by atoms with Gasteiger partial charge in [0.25, 0.3) is 0 Å². The van der Waals surface area contributed by atoms with Gasteiger partial charge in [0.15, 0.2) is 0 Å². The fourth-order valence-corrected chi connectivity index (χ4v) is 3.72. The van der Waals surface area contributed by atoms with Crippen LogP contribution in [0, 0.1) is 11.3 Å². The number of nitrogens with zero attached hydrogens (tertiary/aromatic N) is 2. The minimum Gasteiger partial charge on any atom is -0.459 e. The predicted octanol–water partition coefficient (Wildman–Crippen LogP) is 2.40. The van der Waals surface area contributed by atoms with Crippen LogP contribution in [0.1, 0.15) is 5.56 Å². The zero-order chi connectivity index (χ0) is 25.4. The Balaban J connectivity index is 1.40. The molecule has 0 bridgehead atoms. The van der Waals surface area contributed by atoms with Crippen molar-refractivity contribution < 1.29 is 28.5 Å². The van der Waals surface area contributed by atoms with Crippen molar-refractivity contribution in [3.8, 4) is 6.07 Å². The number of carbonyl (C=O) groups is 1. The molecular formula is C27H35N3O6. The summed E-state index contributed by atoms with van der Waals surface area (Å²) in [6, 6.07) is 14.2. The first-order valence-electron chi connectivity index (χ1n) is 12.2. The van der Waals surface area contributed by atoms with Crippen LogP contribution < -0.4 is 10.2 Å². The minimum atomic E-state index is -0.667. The number of benzene rings is 2. The Kier molecular flexibility index (Phi) is 12.2. The fourth-order valence-electron chi connectivity index (χ4n) is 3.72. The van der Waals surface area contributed by atoms with Crippen LogP contribution in [0.15, 0.2) is 42.0 Å². The molecular weight excluding hydrogens is 462 g/mol. The van der Waals surface area contributed by atoms with Gasteiger partial charge in [-0.1, -0.05) is 18.2 Å². The fraction of sp³-hybridized carbons (Fsp3) is 0.481. The lowest BCUT2D eigenvalue weighted by Gasteiger charge is -2.29. The Morgan fingerprint density at radius 1 is 0.917 bits per heavy atom. The predicted molar refractivity (Wildman–Crippen MR) is 138 cm³/mol. The van der Waals surface area contributed by atoms with E-state index in [0.29, 0.717) is 39.6 Å². The van der Waals surface area contributed by atoms with Gasteiger partial charge in [0.05, 0.1) is 46.2 Å². The quantitative estimate of drug-likeness (QED) is 0.172. The van der Waals surface area contributed by atoms with Gasteiger partial charge in [-0.3, -0.25) is 0 Å². The molecule has 1 saturated heterocycles. The van der Waals surface area contributed by atoms with Gasteiger partial charge >= 0.3 is 5.97 Å². The smallest absolute Gasteiger partial charge is 0.348 e. The number of rotatable bonds is 15. The average Bonchev–Trinajstić information content (AvgIpc) is 2.92. The van der Waals surface area contributed by atoms with Crippen molar-refractivity contribution in [1.29, 1.82) is 5.26 Å². The first-order chi connectivity index (χ1) is 17.7. The molecule has 0 atom stereocenters. The van der Waals surface area contributed by atoms with Crippen molar-refractivity contribution in [2.24, 2.45) is 0 Å². The summed E-state index contributed by atoms with van der Waals surface area (Å²) in [6.45, 7) is 7.12. The monoisotopic (exact) mass is 497 g/mol. The highest BCUT2D eigenvalue weighted by atomic mass is 16.6. The van der Waals surface area contributed by atoms with Gasteiger partial charge in [-0.05, 0) is 40.6 Å². The SMILES string of the molecule is COCCOCCOCCOCCOC(=O)/C(C#N)=C/c1ccc2cc(N3CCNCC3)ccc2c1. The lowest BCUT2D eigenvalue weighted by atomic mass is 10.0. The number of esters is 1. The third kappa shape index (κ3) is 9.22. The number of nitrogens with one attached hydrogen (secondary N) is 1. The number of nitriles is 1. The first kappa shape index (κ1) is 27.6. The van der Waals surface area contributed by atoms with Crippen molar-refractivity contribution >= 4 is 28.5 Å². The van der Waals surface area contributed by atoms with Gasteiger partial charge in [0, 0.05) is 39.0 Å². The van der Waals surface area contributed by atoms with E-state index in [1.807, 2.05) is 24.3 Å². The topological polar surface area (TPSA) is 102 Å². The summed E-state index contributed by atoms with van der Waals surface area (Å²) in [5, 5.41) is 15.0. The molecule has 3 rings (SSSR count). The van der Waals surface area contributed by atoms with Crippen LogP contribution in [-0.4, -0.2) is 92.1 Å². The molecule has 1 N–H and O–H groups in total. The molecule has 9 nitrogen and oxygen atoms in total. The van der Waals surface area contributed by atoms with Crippen LogP contribution in [0.2, 0.25) is 0 Å². The maximum Gasteiger partial charge on any atom is 0.348 e. The molecule has 1 aliphatic heterocycles. The molecule has 0 radical (unpaired) electrons. The molecule has 2 aromatic carbocycles. The molecule has 0 aromatic heterocycles. The van der Waals surface area contributed by atoms with Crippen molar-refractivity contribution in [3.05, 3.63) is 47.5 Å². The van der Waals surface area contributed by atoms with E-state index < -0.39 is 5.97 Å². The second-order valence-corrected chi connectivity index (χ2v) is 8.16. The lowest BCUT2D eigenvalue weighted by Crippen LogP contribution is -2.43. The Hall–Kier alpha value is -3.00. The van der Waals surface area contributed by atoms with Crippen LogP contribution in [-0.2, 0) is 28.5 Å². The van der Waals surface area contributed by atoms with Gasteiger partial charge in [0.1, 0.15) is 18.2 Å². The summed E-state index contributed by atoms with van der Waals surface area (Å²) >= 11 is 0. The van der Waals surface area contributed by atoms with Crippen LogP contribution >= 0.6 is 0 Å². The summed E-state index contributed by atoms with van der Waals surface area (Å²) in [7, 11) is 1.62. The minimum absolute atomic E-state index is 0.0522. The number of carbonyl (C=O) groups excluding carboxylic acids is 1. The molecule has 194 valence electrons. The van der Waals surface area contributed by atoms with E-state index in [2.05, 4.69) is 28.4 Å². The molecule has 0 aliphatic carbocycles.